The molecule has 0 spiro atoms. The van der Waals surface area contributed by atoms with E-state index in [-0.39, 0.29) is 11.4 Å². The summed E-state index contributed by atoms with van der Waals surface area (Å²) < 4.78 is 15.7. The van der Waals surface area contributed by atoms with E-state index in [4.69, 9.17) is 11.6 Å². The van der Waals surface area contributed by atoms with Gasteiger partial charge in [0.1, 0.15) is 10.5 Å². The zero-order chi connectivity index (χ0) is 19.0. The van der Waals surface area contributed by atoms with Crippen LogP contribution in [0.1, 0.15) is 11.1 Å². The molecule has 0 aliphatic rings. The molecule has 0 N–H and O–H groups in total. The molecule has 0 saturated carbocycles. The molecule has 0 fully saturated rings. The van der Waals surface area contributed by atoms with E-state index in [2.05, 4.69) is 4.98 Å². The molecule has 4 rings (SSSR count). The maximum atomic E-state index is 13.5. The number of hydrogen-bond acceptors (Lipinski definition) is 4. The molecule has 2 heterocycles. The molecule has 0 atom stereocenters. The molecule has 2 aromatic heterocycles. The van der Waals surface area contributed by atoms with Crippen LogP contribution in [0.5, 0.6) is 0 Å². The predicted molar refractivity (Wildman–Crippen MR) is 111 cm³/mol. The monoisotopic (exact) mass is 416 g/mol. The van der Waals surface area contributed by atoms with Crippen molar-refractivity contribution in [1.29, 1.82) is 0 Å². The first-order valence-corrected chi connectivity index (χ1v) is 10.4. The summed E-state index contributed by atoms with van der Waals surface area (Å²) >= 11 is 8.92. The average molecular weight is 417 g/mol. The van der Waals surface area contributed by atoms with Crippen molar-refractivity contribution >= 4 is 44.9 Å². The van der Waals surface area contributed by atoms with E-state index in [9.17, 15) is 9.18 Å². The van der Waals surface area contributed by atoms with Crippen molar-refractivity contribution in [1.82, 2.24) is 9.55 Å². The standard InChI is InChI=1S/C20H14ClFN2OS2/c1-12-9-15(5-6-16(12)21)24-19(25)18-17(7-8-26-18)23-20(24)27-11-13-3-2-4-14(22)10-13/h2-10H,11H2,1H3. The van der Waals surface area contributed by atoms with Gasteiger partial charge in [-0.25, -0.2) is 9.37 Å². The van der Waals surface area contributed by atoms with E-state index < -0.39 is 0 Å². The van der Waals surface area contributed by atoms with Crippen molar-refractivity contribution < 1.29 is 4.39 Å². The number of aromatic nitrogens is 2. The lowest BCUT2D eigenvalue weighted by Crippen LogP contribution is -2.21. The molecule has 0 radical (unpaired) electrons. The minimum absolute atomic E-state index is 0.113. The second kappa shape index (κ2) is 7.46. The van der Waals surface area contributed by atoms with Crippen LogP contribution < -0.4 is 5.56 Å². The highest BCUT2D eigenvalue weighted by molar-refractivity contribution is 7.98. The first-order valence-electron chi connectivity index (χ1n) is 8.17. The minimum atomic E-state index is -0.278. The summed E-state index contributed by atoms with van der Waals surface area (Å²) in [5.74, 6) is 0.229. The molecule has 4 aromatic rings. The Morgan fingerprint density at radius 3 is 2.85 bits per heavy atom. The highest BCUT2D eigenvalue weighted by Crippen LogP contribution is 2.27. The lowest BCUT2D eigenvalue weighted by molar-refractivity contribution is 0.626. The van der Waals surface area contributed by atoms with Gasteiger partial charge < -0.3 is 0 Å². The Morgan fingerprint density at radius 2 is 2.07 bits per heavy atom. The molecule has 136 valence electrons. The third-order valence-electron chi connectivity index (χ3n) is 4.11. The molecular weight excluding hydrogens is 403 g/mol. The maximum Gasteiger partial charge on any atom is 0.276 e. The molecule has 0 bridgehead atoms. The second-order valence-electron chi connectivity index (χ2n) is 6.02. The highest BCUT2D eigenvalue weighted by atomic mass is 35.5. The summed E-state index contributed by atoms with van der Waals surface area (Å²) in [5, 5.41) is 3.07. The van der Waals surface area contributed by atoms with E-state index in [0.717, 1.165) is 11.1 Å². The Labute approximate surface area is 168 Å². The van der Waals surface area contributed by atoms with Gasteiger partial charge in [0.25, 0.3) is 5.56 Å². The minimum Gasteiger partial charge on any atom is -0.267 e. The van der Waals surface area contributed by atoms with Gasteiger partial charge in [0.05, 0.1) is 11.2 Å². The van der Waals surface area contributed by atoms with Crippen LogP contribution in [0.4, 0.5) is 4.39 Å². The summed E-state index contributed by atoms with van der Waals surface area (Å²) in [6.07, 6.45) is 0. The van der Waals surface area contributed by atoms with E-state index in [1.165, 1.54) is 35.2 Å². The Morgan fingerprint density at radius 1 is 1.22 bits per heavy atom. The van der Waals surface area contributed by atoms with E-state index in [0.29, 0.717) is 31.8 Å². The third kappa shape index (κ3) is 3.65. The molecule has 0 amide bonds. The van der Waals surface area contributed by atoms with Gasteiger partial charge in [-0.3, -0.25) is 9.36 Å². The largest absolute Gasteiger partial charge is 0.276 e. The summed E-state index contributed by atoms with van der Waals surface area (Å²) in [6.45, 7) is 1.90. The normalized spacial score (nSPS) is 11.2. The molecule has 27 heavy (non-hydrogen) atoms. The summed E-state index contributed by atoms with van der Waals surface area (Å²) in [7, 11) is 0. The van der Waals surface area contributed by atoms with Crippen molar-refractivity contribution in [3.05, 3.63) is 86.2 Å². The molecule has 0 saturated heterocycles. The number of nitrogens with zero attached hydrogens (tertiary/aromatic N) is 2. The Hall–Kier alpha value is -2.15. The first kappa shape index (κ1) is 18.2. The van der Waals surface area contributed by atoms with E-state index >= 15 is 0 Å². The fourth-order valence-electron chi connectivity index (χ4n) is 2.76. The van der Waals surface area contributed by atoms with Crippen LogP contribution in [-0.4, -0.2) is 9.55 Å². The predicted octanol–water partition coefficient (Wildman–Crippen LogP) is 5.84. The van der Waals surface area contributed by atoms with Gasteiger partial charge in [-0.1, -0.05) is 35.5 Å². The van der Waals surface area contributed by atoms with Gasteiger partial charge in [0.2, 0.25) is 0 Å². The van der Waals surface area contributed by atoms with E-state index in [1.54, 1.807) is 16.7 Å². The van der Waals surface area contributed by atoms with Crippen LogP contribution in [0.3, 0.4) is 0 Å². The van der Waals surface area contributed by atoms with Crippen molar-refractivity contribution in [3.8, 4) is 5.69 Å². The molecule has 3 nitrogen and oxygen atoms in total. The van der Waals surface area contributed by atoms with Gasteiger partial charge in [-0.15, -0.1) is 11.3 Å². The van der Waals surface area contributed by atoms with Crippen LogP contribution >= 0.6 is 34.7 Å². The smallest absolute Gasteiger partial charge is 0.267 e. The summed E-state index contributed by atoms with van der Waals surface area (Å²) in [5.41, 5.74) is 2.99. The van der Waals surface area contributed by atoms with Gasteiger partial charge in [-0.2, -0.15) is 0 Å². The SMILES string of the molecule is Cc1cc(-n2c(SCc3cccc(F)c3)nc3ccsc3c2=O)ccc1Cl. The lowest BCUT2D eigenvalue weighted by Gasteiger charge is -2.13. The second-order valence-corrected chi connectivity index (χ2v) is 8.29. The van der Waals surface area contributed by atoms with Gasteiger partial charge in [0.15, 0.2) is 5.16 Å². The molecule has 0 aliphatic carbocycles. The number of rotatable bonds is 4. The van der Waals surface area contributed by atoms with Crippen molar-refractivity contribution in [2.45, 2.75) is 17.8 Å². The van der Waals surface area contributed by atoms with Crippen LogP contribution in [0, 0.1) is 12.7 Å². The number of aryl methyl sites for hydroxylation is 1. The lowest BCUT2D eigenvalue weighted by atomic mass is 10.2. The van der Waals surface area contributed by atoms with Crippen molar-refractivity contribution in [2.75, 3.05) is 0 Å². The zero-order valence-electron chi connectivity index (χ0n) is 14.3. The third-order valence-corrected chi connectivity index (χ3v) is 6.43. The Balaban J connectivity index is 1.82. The van der Waals surface area contributed by atoms with Gasteiger partial charge >= 0.3 is 0 Å². The van der Waals surface area contributed by atoms with E-state index in [1.807, 2.05) is 36.6 Å². The van der Waals surface area contributed by atoms with Crippen LogP contribution in [-0.2, 0) is 5.75 Å². The highest BCUT2D eigenvalue weighted by Gasteiger charge is 2.15. The van der Waals surface area contributed by atoms with Gasteiger partial charge in [-0.05, 0) is 59.8 Å². The number of thiophene rings is 1. The number of hydrogen-bond donors (Lipinski definition) is 0. The quantitative estimate of drug-likeness (QED) is 0.309. The Bertz CT molecular complexity index is 1200. The fraction of sp³-hybridized carbons (Fsp3) is 0.100. The zero-order valence-corrected chi connectivity index (χ0v) is 16.7. The van der Waals surface area contributed by atoms with Crippen LogP contribution in [0.15, 0.2) is 63.9 Å². The van der Waals surface area contributed by atoms with Gasteiger partial charge in [0, 0.05) is 10.8 Å². The summed E-state index contributed by atoms with van der Waals surface area (Å²) in [4.78, 5) is 17.8. The number of fused-ring (bicyclic) bond motifs is 1. The van der Waals surface area contributed by atoms with Crippen LogP contribution in [0.25, 0.3) is 15.9 Å². The first-order chi connectivity index (χ1) is 13.0. The average Bonchev–Trinajstić information content (AvgIpc) is 3.12. The molecule has 0 unspecified atom stereocenters. The topological polar surface area (TPSA) is 34.9 Å². The number of halogens is 2. The fourth-order valence-corrected chi connectivity index (χ4v) is 4.59. The van der Waals surface area contributed by atoms with Crippen molar-refractivity contribution in [2.24, 2.45) is 0 Å². The van der Waals surface area contributed by atoms with Crippen LogP contribution in [0.2, 0.25) is 5.02 Å². The Kier molecular flexibility index (Phi) is 5.04. The molecule has 7 heteroatoms. The number of benzene rings is 2. The molecule has 2 aromatic carbocycles. The maximum absolute atomic E-state index is 13.5. The van der Waals surface area contributed by atoms with Crippen molar-refractivity contribution in [3.63, 3.8) is 0 Å². The molecular formula is C20H14ClFN2OS2. The summed E-state index contributed by atoms with van der Waals surface area (Å²) in [6, 6.07) is 13.7. The molecule has 0 aliphatic heterocycles. The number of thioether (sulfide) groups is 1.